The number of nitrogens with zero attached hydrogens (tertiary/aromatic N) is 1. The Hall–Kier alpha value is -1.19. The van der Waals surface area contributed by atoms with Crippen LogP contribution in [0.25, 0.3) is 0 Å². The maximum Gasteiger partial charge on any atom is 0.307 e. The van der Waals surface area contributed by atoms with Crippen molar-refractivity contribution in [1.82, 2.24) is 9.62 Å². The number of amides is 1. The van der Waals surface area contributed by atoms with Crippen LogP contribution in [0.5, 0.6) is 0 Å². The average molecular weight is 333 g/mol. The first kappa shape index (κ1) is 17.2. The lowest BCUT2D eigenvalue weighted by molar-refractivity contribution is -0.142. The summed E-state index contributed by atoms with van der Waals surface area (Å²) < 4.78 is 24.1. The number of rotatable bonds is 5. The zero-order valence-electron chi connectivity index (χ0n) is 12.8. The Morgan fingerprint density at radius 2 is 2.00 bits per heavy atom. The third kappa shape index (κ3) is 3.58. The van der Waals surface area contributed by atoms with Crippen LogP contribution in [-0.2, 0) is 19.8 Å². The summed E-state index contributed by atoms with van der Waals surface area (Å²) in [6.07, 6.45) is 1.58. The Morgan fingerprint density at radius 1 is 1.36 bits per heavy atom. The van der Waals surface area contributed by atoms with Crippen LogP contribution < -0.4 is 9.86 Å². The van der Waals surface area contributed by atoms with Crippen LogP contribution in [-0.4, -0.2) is 49.9 Å². The molecule has 0 aromatic rings. The average Bonchev–Trinajstić information content (AvgIpc) is 2.98. The molecule has 22 heavy (non-hydrogen) atoms. The fourth-order valence-electron chi connectivity index (χ4n) is 3.42. The number of carbonyl (C=O) groups excluding carboxylic acids is 1. The number of carboxylic acids is 1. The molecular weight excluding hydrogens is 310 g/mol. The summed E-state index contributed by atoms with van der Waals surface area (Å²) in [5.74, 6) is -2.20. The van der Waals surface area contributed by atoms with E-state index in [9.17, 15) is 23.1 Å². The number of carboxylic acid groups (broad SMARTS) is 1. The van der Waals surface area contributed by atoms with Gasteiger partial charge in [-0.2, -0.15) is 8.42 Å². The van der Waals surface area contributed by atoms with E-state index in [1.54, 1.807) is 18.7 Å². The molecule has 1 unspecified atom stereocenters. The second kappa shape index (κ2) is 5.78. The summed E-state index contributed by atoms with van der Waals surface area (Å²) in [5.41, 5.74) is -0.519. The van der Waals surface area contributed by atoms with Crippen LogP contribution in [0.1, 0.15) is 26.7 Å². The molecule has 0 bridgehead atoms. The van der Waals surface area contributed by atoms with Crippen molar-refractivity contribution >= 4 is 22.1 Å². The third-order valence-corrected chi connectivity index (χ3v) is 5.33. The Morgan fingerprint density at radius 3 is 2.50 bits per heavy atom. The van der Waals surface area contributed by atoms with E-state index in [4.69, 9.17) is 5.14 Å². The predicted molar refractivity (Wildman–Crippen MR) is 78.8 cm³/mol. The Bertz CT molecular complexity index is 574. The normalized spacial score (nSPS) is 30.9. The van der Waals surface area contributed by atoms with Gasteiger partial charge in [0, 0.05) is 19.6 Å². The minimum Gasteiger partial charge on any atom is -0.481 e. The summed E-state index contributed by atoms with van der Waals surface area (Å²) in [4.78, 5) is 25.4. The SMILES string of the molecule is CC1(C)[C@H](C(=O)O)[C@@H]1C(=O)N1CCCC(CNS(N)(=O)=O)C1. The lowest BCUT2D eigenvalue weighted by atomic mass is 9.97. The number of nitrogens with two attached hydrogens (primary N) is 1. The van der Waals surface area contributed by atoms with E-state index in [0.29, 0.717) is 13.1 Å². The van der Waals surface area contributed by atoms with E-state index in [1.165, 1.54) is 0 Å². The van der Waals surface area contributed by atoms with Crippen LogP contribution in [0, 0.1) is 23.2 Å². The monoisotopic (exact) mass is 333 g/mol. The van der Waals surface area contributed by atoms with Crippen molar-refractivity contribution in [3.8, 4) is 0 Å². The smallest absolute Gasteiger partial charge is 0.307 e. The van der Waals surface area contributed by atoms with Gasteiger partial charge in [-0.3, -0.25) is 9.59 Å². The first-order valence-corrected chi connectivity index (χ1v) is 8.87. The molecule has 0 spiro atoms. The van der Waals surface area contributed by atoms with E-state index < -0.39 is 33.4 Å². The highest BCUT2D eigenvalue weighted by Gasteiger charge is 2.66. The van der Waals surface area contributed by atoms with Crippen LogP contribution in [0.3, 0.4) is 0 Å². The van der Waals surface area contributed by atoms with E-state index in [2.05, 4.69) is 4.72 Å². The van der Waals surface area contributed by atoms with Crippen molar-refractivity contribution < 1.29 is 23.1 Å². The van der Waals surface area contributed by atoms with Crippen molar-refractivity contribution in [3.63, 3.8) is 0 Å². The highest BCUT2D eigenvalue weighted by molar-refractivity contribution is 7.87. The Kier molecular flexibility index (Phi) is 4.51. The molecular formula is C13H23N3O5S. The van der Waals surface area contributed by atoms with Crippen LogP contribution in [0.2, 0.25) is 0 Å². The highest BCUT2D eigenvalue weighted by Crippen LogP contribution is 2.59. The van der Waals surface area contributed by atoms with E-state index in [0.717, 1.165) is 12.8 Å². The van der Waals surface area contributed by atoms with Gasteiger partial charge < -0.3 is 10.0 Å². The van der Waals surface area contributed by atoms with Crippen molar-refractivity contribution in [1.29, 1.82) is 0 Å². The van der Waals surface area contributed by atoms with Gasteiger partial charge >= 0.3 is 5.97 Å². The van der Waals surface area contributed by atoms with E-state index in [1.807, 2.05) is 0 Å². The van der Waals surface area contributed by atoms with Crippen molar-refractivity contribution in [2.75, 3.05) is 19.6 Å². The number of piperidine rings is 1. The van der Waals surface area contributed by atoms with E-state index in [-0.39, 0.29) is 18.4 Å². The van der Waals surface area contributed by atoms with Crippen molar-refractivity contribution in [2.24, 2.45) is 28.3 Å². The lowest BCUT2D eigenvalue weighted by Crippen LogP contribution is -2.45. The molecule has 8 nitrogen and oxygen atoms in total. The molecule has 4 N–H and O–H groups in total. The molecule has 1 aliphatic carbocycles. The molecule has 2 aliphatic rings. The molecule has 0 radical (unpaired) electrons. The topological polar surface area (TPSA) is 130 Å². The Balaban J connectivity index is 1.95. The van der Waals surface area contributed by atoms with Gasteiger partial charge in [0.25, 0.3) is 10.2 Å². The summed E-state index contributed by atoms with van der Waals surface area (Å²) >= 11 is 0. The molecule has 0 aromatic carbocycles. The van der Waals surface area contributed by atoms with Gasteiger partial charge in [0.1, 0.15) is 0 Å². The molecule has 126 valence electrons. The van der Waals surface area contributed by atoms with E-state index >= 15 is 0 Å². The molecule has 1 saturated heterocycles. The number of nitrogens with one attached hydrogen (secondary N) is 1. The third-order valence-electron chi connectivity index (χ3n) is 4.76. The first-order chi connectivity index (χ1) is 10.0. The fraction of sp³-hybridized carbons (Fsp3) is 0.846. The molecule has 0 aromatic heterocycles. The van der Waals surface area contributed by atoms with Gasteiger partial charge in [0.15, 0.2) is 0 Å². The molecule has 2 rings (SSSR count). The molecule has 2 fully saturated rings. The summed E-state index contributed by atoms with van der Waals surface area (Å²) in [5, 5.41) is 14.1. The first-order valence-electron chi connectivity index (χ1n) is 7.33. The molecule has 9 heteroatoms. The van der Waals surface area contributed by atoms with Gasteiger partial charge in [0.05, 0.1) is 11.8 Å². The number of hydrogen-bond acceptors (Lipinski definition) is 4. The highest BCUT2D eigenvalue weighted by atomic mass is 32.2. The van der Waals surface area contributed by atoms with Crippen LogP contribution in [0.4, 0.5) is 0 Å². The molecule has 1 amide bonds. The summed E-state index contributed by atoms with van der Waals surface area (Å²) in [6.45, 7) is 4.79. The van der Waals surface area contributed by atoms with Gasteiger partial charge in [-0.15, -0.1) is 0 Å². The van der Waals surface area contributed by atoms with Crippen LogP contribution >= 0.6 is 0 Å². The molecule has 1 saturated carbocycles. The maximum absolute atomic E-state index is 12.5. The number of carbonyl (C=O) groups is 2. The van der Waals surface area contributed by atoms with Crippen LogP contribution in [0.15, 0.2) is 0 Å². The van der Waals surface area contributed by atoms with Gasteiger partial charge in [-0.25, -0.2) is 9.86 Å². The van der Waals surface area contributed by atoms with Gasteiger partial charge in [-0.1, -0.05) is 13.8 Å². The molecule has 1 heterocycles. The van der Waals surface area contributed by atoms with Crippen molar-refractivity contribution in [3.05, 3.63) is 0 Å². The number of aliphatic carboxylic acids is 1. The largest absolute Gasteiger partial charge is 0.481 e. The standard InChI is InChI=1S/C13H23N3O5S/c1-13(2)9(10(13)12(18)19)11(17)16-5-3-4-8(7-16)6-15-22(14,20)21/h8-10,15H,3-7H2,1-2H3,(H,18,19)(H2,14,20,21)/t8?,9-,10+/m1/s1. The minimum atomic E-state index is -3.73. The fourth-order valence-corrected chi connectivity index (χ4v) is 3.89. The lowest BCUT2D eigenvalue weighted by Gasteiger charge is -2.33. The zero-order valence-corrected chi connectivity index (χ0v) is 13.6. The second-order valence-corrected chi connectivity index (χ2v) is 8.18. The quantitative estimate of drug-likeness (QED) is 0.617. The summed E-state index contributed by atoms with van der Waals surface area (Å²) in [7, 11) is -3.73. The van der Waals surface area contributed by atoms with Crippen molar-refractivity contribution in [2.45, 2.75) is 26.7 Å². The van der Waals surface area contributed by atoms with Gasteiger partial charge in [0.2, 0.25) is 5.91 Å². The number of hydrogen-bond donors (Lipinski definition) is 3. The summed E-state index contributed by atoms with van der Waals surface area (Å²) in [6, 6.07) is 0. The zero-order chi connectivity index (χ0) is 16.7. The maximum atomic E-state index is 12.5. The molecule has 1 aliphatic heterocycles. The van der Waals surface area contributed by atoms with Gasteiger partial charge in [-0.05, 0) is 24.2 Å². The Labute approximate surface area is 130 Å². The molecule has 3 atom stereocenters. The minimum absolute atomic E-state index is 0.00108. The second-order valence-electron chi connectivity index (χ2n) is 6.80. The predicted octanol–water partition coefficient (Wildman–Crippen LogP) is -0.625. The number of likely N-dealkylation sites (tertiary alicyclic amines) is 1.